The van der Waals surface area contributed by atoms with Crippen molar-refractivity contribution in [2.45, 2.75) is 68.6 Å². The molecule has 2 aliphatic rings. The first kappa shape index (κ1) is 25.2. The Balaban J connectivity index is 1.53. The maximum Gasteiger partial charge on any atom is 0.265 e. The first-order valence-electron chi connectivity index (χ1n) is 12.0. The van der Waals surface area contributed by atoms with Crippen molar-refractivity contribution in [2.75, 3.05) is 17.7 Å². The number of rotatable bonds is 6. The van der Waals surface area contributed by atoms with Crippen LogP contribution in [-0.4, -0.2) is 47.0 Å². The lowest BCUT2D eigenvalue weighted by molar-refractivity contribution is 0.255. The molecule has 0 spiro atoms. The van der Waals surface area contributed by atoms with E-state index in [1.807, 2.05) is 11.8 Å². The molecule has 6 nitrogen and oxygen atoms in total. The smallest absolute Gasteiger partial charge is 0.265 e. The molecule has 5 atom stereocenters. The normalized spacial score (nSPS) is 27.1. The number of anilines is 1. The Bertz CT molecular complexity index is 1130. The number of benzene rings is 1. The standard InChI is InChI=1S/C26H35N3O3S2/c1-17-8-11-21(12-9-17)33-24-7-5-6-22-25(19(24)3)27-16-28-26(22)29(4)23-13-10-20(14-18(23)2)15-34(30,31)32/h5-6,8-9,11-12,16,18-20,23-24H,7,10,13-15H2,1-4H3,(H,30,31,32). The monoisotopic (exact) mass is 501 g/mol. The number of nitrogens with zero attached hydrogens (tertiary/aromatic N) is 3. The summed E-state index contributed by atoms with van der Waals surface area (Å²) in [4.78, 5) is 13.0. The van der Waals surface area contributed by atoms with E-state index in [9.17, 15) is 13.0 Å². The van der Waals surface area contributed by atoms with E-state index in [4.69, 9.17) is 9.97 Å². The highest BCUT2D eigenvalue weighted by Crippen LogP contribution is 2.41. The Hall–Kier alpha value is -1.90. The van der Waals surface area contributed by atoms with Gasteiger partial charge in [-0.3, -0.25) is 4.55 Å². The quantitative estimate of drug-likeness (QED) is 0.516. The number of hydrogen-bond donors (Lipinski definition) is 1. The molecule has 1 fully saturated rings. The average Bonchev–Trinajstić information content (AvgIpc) is 2.93. The molecule has 34 heavy (non-hydrogen) atoms. The molecular weight excluding hydrogens is 466 g/mol. The third kappa shape index (κ3) is 5.83. The molecule has 0 saturated heterocycles. The zero-order chi connectivity index (χ0) is 24.5. The van der Waals surface area contributed by atoms with Crippen molar-refractivity contribution in [3.05, 3.63) is 53.5 Å². The van der Waals surface area contributed by atoms with Crippen molar-refractivity contribution in [3.8, 4) is 0 Å². The number of aryl methyl sites for hydroxylation is 1. The molecule has 0 radical (unpaired) electrons. The van der Waals surface area contributed by atoms with Gasteiger partial charge in [-0.1, -0.05) is 43.7 Å². The summed E-state index contributed by atoms with van der Waals surface area (Å²) in [5.41, 5.74) is 3.45. The van der Waals surface area contributed by atoms with Crippen LogP contribution in [0.3, 0.4) is 0 Å². The van der Waals surface area contributed by atoms with Crippen LogP contribution in [0.4, 0.5) is 5.82 Å². The van der Waals surface area contributed by atoms with E-state index in [0.29, 0.717) is 11.2 Å². The Morgan fingerprint density at radius 3 is 2.56 bits per heavy atom. The molecule has 4 rings (SSSR count). The van der Waals surface area contributed by atoms with Crippen LogP contribution in [0.25, 0.3) is 6.08 Å². The summed E-state index contributed by atoms with van der Waals surface area (Å²) in [6.07, 6.45) is 9.53. The average molecular weight is 502 g/mol. The van der Waals surface area contributed by atoms with Crippen molar-refractivity contribution >= 4 is 33.8 Å². The highest BCUT2D eigenvalue weighted by molar-refractivity contribution is 8.00. The second-order valence-corrected chi connectivity index (χ2v) is 12.8. The zero-order valence-corrected chi connectivity index (χ0v) is 22.0. The molecular formula is C26H35N3O3S2. The minimum Gasteiger partial charge on any atom is -0.356 e. The van der Waals surface area contributed by atoms with Gasteiger partial charge in [0.05, 0.1) is 11.4 Å². The molecule has 2 aliphatic carbocycles. The van der Waals surface area contributed by atoms with Crippen molar-refractivity contribution in [2.24, 2.45) is 11.8 Å². The van der Waals surface area contributed by atoms with Crippen LogP contribution in [0.2, 0.25) is 0 Å². The molecule has 184 valence electrons. The van der Waals surface area contributed by atoms with Crippen molar-refractivity contribution in [3.63, 3.8) is 0 Å². The lowest BCUT2D eigenvalue weighted by Crippen LogP contribution is -2.42. The van der Waals surface area contributed by atoms with Crippen molar-refractivity contribution in [1.29, 1.82) is 0 Å². The Morgan fingerprint density at radius 1 is 1.15 bits per heavy atom. The minimum absolute atomic E-state index is 0.0108. The maximum absolute atomic E-state index is 11.3. The zero-order valence-electron chi connectivity index (χ0n) is 20.4. The van der Waals surface area contributed by atoms with Gasteiger partial charge in [-0.2, -0.15) is 8.42 Å². The SMILES string of the molecule is Cc1ccc(SC2CC=Cc3c(ncnc3N(C)C3CCC(CS(=O)(=O)O)CC3C)C2C)cc1. The Kier molecular flexibility index (Phi) is 7.69. The van der Waals surface area contributed by atoms with E-state index in [-0.39, 0.29) is 23.6 Å². The number of aromatic nitrogens is 2. The van der Waals surface area contributed by atoms with E-state index < -0.39 is 10.1 Å². The van der Waals surface area contributed by atoms with Crippen molar-refractivity contribution in [1.82, 2.24) is 9.97 Å². The molecule has 0 bridgehead atoms. The fraction of sp³-hybridized carbons (Fsp3) is 0.538. The molecule has 0 amide bonds. The molecule has 1 aromatic carbocycles. The summed E-state index contributed by atoms with van der Waals surface area (Å²) in [6.45, 7) is 6.54. The lowest BCUT2D eigenvalue weighted by atomic mass is 9.79. The first-order chi connectivity index (χ1) is 16.1. The Morgan fingerprint density at radius 2 is 1.88 bits per heavy atom. The largest absolute Gasteiger partial charge is 0.356 e. The molecule has 1 aromatic heterocycles. The van der Waals surface area contributed by atoms with Gasteiger partial charge >= 0.3 is 0 Å². The minimum atomic E-state index is -3.93. The fourth-order valence-corrected chi connectivity index (χ4v) is 7.60. The van der Waals surface area contributed by atoms with Gasteiger partial charge in [0.25, 0.3) is 10.1 Å². The molecule has 8 heteroatoms. The lowest BCUT2D eigenvalue weighted by Gasteiger charge is -2.40. The van der Waals surface area contributed by atoms with Gasteiger partial charge in [0.2, 0.25) is 0 Å². The van der Waals surface area contributed by atoms with Crippen LogP contribution in [0, 0.1) is 18.8 Å². The first-order valence-corrected chi connectivity index (χ1v) is 14.5. The summed E-state index contributed by atoms with van der Waals surface area (Å²) < 4.78 is 31.9. The summed E-state index contributed by atoms with van der Waals surface area (Å²) >= 11 is 1.91. The van der Waals surface area contributed by atoms with Crippen molar-refractivity contribution < 1.29 is 13.0 Å². The topological polar surface area (TPSA) is 83.4 Å². The summed E-state index contributed by atoms with van der Waals surface area (Å²) in [5.74, 6) is 1.38. The summed E-state index contributed by atoms with van der Waals surface area (Å²) in [7, 11) is -1.84. The van der Waals surface area contributed by atoms with Gasteiger partial charge in [0.15, 0.2) is 0 Å². The van der Waals surface area contributed by atoms with Gasteiger partial charge in [-0.25, -0.2) is 9.97 Å². The van der Waals surface area contributed by atoms with Gasteiger partial charge in [-0.05, 0) is 56.6 Å². The predicted molar refractivity (Wildman–Crippen MR) is 140 cm³/mol. The Labute approximate surface area is 208 Å². The number of hydrogen-bond acceptors (Lipinski definition) is 6. The molecule has 5 unspecified atom stereocenters. The van der Waals surface area contributed by atoms with Gasteiger partial charge < -0.3 is 4.90 Å². The fourth-order valence-electron chi connectivity index (χ4n) is 5.52. The van der Waals surface area contributed by atoms with Crippen LogP contribution in [-0.2, 0) is 10.1 Å². The maximum atomic E-state index is 11.3. The molecule has 2 aromatic rings. The van der Waals surface area contributed by atoms with Gasteiger partial charge in [-0.15, -0.1) is 11.8 Å². The molecule has 0 aliphatic heterocycles. The van der Waals surface area contributed by atoms with E-state index in [1.165, 1.54) is 10.5 Å². The second-order valence-electron chi connectivity index (χ2n) is 9.98. The number of allylic oxidation sites excluding steroid dienone is 1. The van der Waals surface area contributed by atoms with E-state index >= 15 is 0 Å². The third-order valence-corrected chi connectivity index (χ3v) is 9.69. The molecule has 1 heterocycles. The van der Waals surface area contributed by atoms with Crippen LogP contribution >= 0.6 is 11.8 Å². The van der Waals surface area contributed by atoms with Crippen LogP contribution in [0.1, 0.15) is 62.3 Å². The predicted octanol–water partition coefficient (Wildman–Crippen LogP) is 5.60. The van der Waals surface area contributed by atoms with Crippen LogP contribution in [0.5, 0.6) is 0 Å². The van der Waals surface area contributed by atoms with Crippen LogP contribution < -0.4 is 4.90 Å². The summed E-state index contributed by atoms with van der Waals surface area (Å²) in [6, 6.07) is 8.98. The van der Waals surface area contributed by atoms with Gasteiger partial charge in [0, 0.05) is 34.7 Å². The second kappa shape index (κ2) is 10.4. The highest BCUT2D eigenvalue weighted by atomic mass is 32.2. The summed E-state index contributed by atoms with van der Waals surface area (Å²) in [5, 5.41) is 0.392. The van der Waals surface area contributed by atoms with E-state index in [2.05, 4.69) is 69.1 Å². The third-order valence-electron chi connectivity index (χ3n) is 7.35. The number of fused-ring (bicyclic) bond motifs is 1. The highest BCUT2D eigenvalue weighted by Gasteiger charge is 2.34. The number of thioether (sulfide) groups is 1. The molecule has 1 saturated carbocycles. The van der Waals surface area contributed by atoms with Gasteiger partial charge in [0.1, 0.15) is 12.1 Å². The molecule has 1 N–H and O–H groups in total. The van der Waals surface area contributed by atoms with E-state index in [1.54, 1.807) is 6.33 Å². The van der Waals surface area contributed by atoms with E-state index in [0.717, 1.165) is 42.8 Å². The van der Waals surface area contributed by atoms with Crippen LogP contribution in [0.15, 0.2) is 41.6 Å².